The van der Waals surface area contributed by atoms with Gasteiger partial charge < -0.3 is 21.1 Å². The number of nitrogens with zero attached hydrogens (tertiary/aromatic N) is 3. The lowest BCUT2D eigenvalue weighted by Crippen LogP contribution is -2.48. The molecular weight excluding hydrogens is 540 g/mol. The second-order valence-corrected chi connectivity index (χ2v) is 12.6. The Bertz CT molecular complexity index is 1290. The number of carbonyl (C=O) groups excluding carboxylic acids is 1. The Hall–Kier alpha value is -3.09. The van der Waals surface area contributed by atoms with Crippen LogP contribution in [0.2, 0.25) is 0 Å². The molecule has 3 aromatic rings. The van der Waals surface area contributed by atoms with E-state index in [1.54, 1.807) is 16.4 Å². The molecule has 41 heavy (non-hydrogen) atoms. The van der Waals surface area contributed by atoms with Gasteiger partial charge in [0.15, 0.2) is 0 Å². The average molecular weight is 585 g/mol. The Balaban J connectivity index is 1.52. The van der Waals surface area contributed by atoms with Crippen LogP contribution in [0.4, 0.5) is 11.4 Å². The summed E-state index contributed by atoms with van der Waals surface area (Å²) in [5.74, 6) is -0.0172. The van der Waals surface area contributed by atoms with E-state index in [4.69, 9.17) is 0 Å². The topological polar surface area (TPSA) is 135 Å². The second-order valence-electron chi connectivity index (χ2n) is 10.5. The quantitative estimate of drug-likeness (QED) is 0.174. The van der Waals surface area contributed by atoms with Gasteiger partial charge in [-0.1, -0.05) is 30.3 Å². The normalized spacial score (nSPS) is 17.1. The number of aryl methyl sites for hydroxylation is 2. The SMILES string of the molecule is CCNc1cc(C(=O)N[C@@H](Cc2ccccc2)[C@@H](O)CNCc2cn(CC)nc2C)cc(N2CCCCS2(O)O)c1. The Morgan fingerprint density at radius 3 is 2.59 bits per heavy atom. The molecule has 0 saturated carbocycles. The van der Waals surface area contributed by atoms with Gasteiger partial charge >= 0.3 is 0 Å². The summed E-state index contributed by atoms with van der Waals surface area (Å²) in [6.07, 6.45) is 3.21. The number of nitrogens with one attached hydrogen (secondary N) is 3. The number of carbonyl (C=O) groups is 1. The highest BCUT2D eigenvalue weighted by atomic mass is 32.3. The molecule has 6 N–H and O–H groups in total. The van der Waals surface area contributed by atoms with E-state index < -0.39 is 22.9 Å². The van der Waals surface area contributed by atoms with Crippen LogP contribution < -0.4 is 20.3 Å². The van der Waals surface area contributed by atoms with Gasteiger partial charge in [-0.15, -0.1) is 10.8 Å². The molecule has 11 heteroatoms. The van der Waals surface area contributed by atoms with Crippen molar-refractivity contribution in [2.75, 3.05) is 35.0 Å². The minimum absolute atomic E-state index is 0.284. The van der Waals surface area contributed by atoms with Gasteiger partial charge in [0.1, 0.15) is 0 Å². The highest BCUT2D eigenvalue weighted by Crippen LogP contribution is 2.50. The number of amides is 1. The van der Waals surface area contributed by atoms with Crippen molar-refractivity contribution in [2.45, 2.75) is 65.3 Å². The van der Waals surface area contributed by atoms with Crippen LogP contribution in [0.15, 0.2) is 54.7 Å². The zero-order valence-corrected chi connectivity index (χ0v) is 25.0. The number of benzene rings is 2. The highest BCUT2D eigenvalue weighted by molar-refractivity contribution is 8.25. The zero-order chi connectivity index (χ0) is 29.4. The van der Waals surface area contributed by atoms with E-state index in [1.807, 2.05) is 68.0 Å². The Labute approximate surface area is 244 Å². The van der Waals surface area contributed by atoms with Gasteiger partial charge in [0, 0.05) is 55.7 Å². The highest BCUT2D eigenvalue weighted by Gasteiger charge is 2.28. The van der Waals surface area contributed by atoms with Gasteiger partial charge in [-0.05, 0) is 63.8 Å². The maximum atomic E-state index is 13.7. The summed E-state index contributed by atoms with van der Waals surface area (Å²) >= 11 is 0. The summed E-state index contributed by atoms with van der Waals surface area (Å²) in [4.78, 5) is 13.7. The standard InChI is InChI=1S/C30H44N6O4S/c1-4-32-26-16-24(17-27(18-26)36-13-9-10-14-41(36,39)40)30(38)33-28(15-23-11-7-6-8-12-23)29(37)20-31-19-25-21-35(5-2)34-22(25)3/h6-8,11-12,16-18,21,28-29,31-32,37,39-40H,4-5,9-10,13-15,19-20H2,1-3H3,(H,33,38)/t28-,29-/m0/s1. The van der Waals surface area contributed by atoms with Gasteiger partial charge in [-0.3, -0.25) is 22.9 Å². The van der Waals surface area contributed by atoms with Crippen LogP contribution >= 0.6 is 10.8 Å². The van der Waals surface area contributed by atoms with Gasteiger partial charge in [-0.25, -0.2) is 0 Å². The van der Waals surface area contributed by atoms with Crippen LogP contribution in [0.25, 0.3) is 0 Å². The van der Waals surface area contributed by atoms with E-state index in [2.05, 4.69) is 21.0 Å². The molecule has 0 unspecified atom stereocenters. The molecule has 1 fully saturated rings. The minimum Gasteiger partial charge on any atom is -0.390 e. The van der Waals surface area contributed by atoms with Crippen LogP contribution in [0.3, 0.4) is 0 Å². The molecule has 1 aliphatic heterocycles. The van der Waals surface area contributed by atoms with E-state index in [-0.39, 0.29) is 12.5 Å². The van der Waals surface area contributed by atoms with Crippen molar-refractivity contribution in [1.29, 1.82) is 0 Å². The molecule has 2 atom stereocenters. The zero-order valence-electron chi connectivity index (χ0n) is 24.2. The number of aliphatic hydroxyl groups is 1. The smallest absolute Gasteiger partial charge is 0.251 e. The van der Waals surface area contributed by atoms with Crippen molar-refractivity contribution in [3.8, 4) is 0 Å². The molecule has 1 aromatic heterocycles. The first-order valence-corrected chi connectivity index (χ1v) is 16.1. The molecule has 0 spiro atoms. The molecule has 1 amide bonds. The van der Waals surface area contributed by atoms with Crippen molar-refractivity contribution < 1.29 is 19.0 Å². The van der Waals surface area contributed by atoms with Crippen molar-refractivity contribution in [3.63, 3.8) is 0 Å². The van der Waals surface area contributed by atoms with Crippen molar-refractivity contribution in [3.05, 3.63) is 77.1 Å². The molecular formula is C30H44N6O4S. The summed E-state index contributed by atoms with van der Waals surface area (Å²) in [6, 6.07) is 14.5. The summed E-state index contributed by atoms with van der Waals surface area (Å²) < 4.78 is 24.9. The van der Waals surface area contributed by atoms with Gasteiger partial charge in [0.05, 0.1) is 29.3 Å². The number of hydrogen-bond donors (Lipinski definition) is 6. The van der Waals surface area contributed by atoms with E-state index in [9.17, 15) is 19.0 Å². The number of anilines is 2. The predicted molar refractivity (Wildman–Crippen MR) is 167 cm³/mol. The van der Waals surface area contributed by atoms with Gasteiger partial charge in [0.2, 0.25) is 0 Å². The average Bonchev–Trinajstić information content (AvgIpc) is 3.32. The summed E-state index contributed by atoms with van der Waals surface area (Å²) in [5, 5.41) is 25.4. The lowest BCUT2D eigenvalue weighted by atomic mass is 10.00. The van der Waals surface area contributed by atoms with E-state index >= 15 is 0 Å². The molecule has 1 aliphatic rings. The maximum absolute atomic E-state index is 13.7. The van der Waals surface area contributed by atoms with Crippen LogP contribution in [0, 0.1) is 6.92 Å². The lowest BCUT2D eigenvalue weighted by molar-refractivity contribution is 0.0830. The Kier molecular flexibility index (Phi) is 10.7. The second kappa shape index (κ2) is 14.2. The van der Waals surface area contributed by atoms with Crippen molar-refractivity contribution in [1.82, 2.24) is 20.4 Å². The molecule has 2 heterocycles. The molecule has 10 nitrogen and oxygen atoms in total. The fourth-order valence-corrected chi connectivity index (χ4v) is 6.77. The van der Waals surface area contributed by atoms with E-state index in [0.717, 1.165) is 41.9 Å². The fraction of sp³-hybridized carbons (Fsp3) is 0.467. The van der Waals surface area contributed by atoms with Crippen LogP contribution in [0.1, 0.15) is 53.9 Å². The molecule has 224 valence electrons. The van der Waals surface area contributed by atoms with Crippen molar-refractivity contribution in [2.24, 2.45) is 0 Å². The third-order valence-electron chi connectivity index (χ3n) is 7.35. The monoisotopic (exact) mass is 584 g/mol. The first kappa shape index (κ1) is 30.9. The maximum Gasteiger partial charge on any atom is 0.251 e. The van der Waals surface area contributed by atoms with Gasteiger partial charge in [0.25, 0.3) is 5.91 Å². The lowest BCUT2D eigenvalue weighted by Gasteiger charge is -2.47. The van der Waals surface area contributed by atoms with Gasteiger partial charge in [-0.2, -0.15) is 5.10 Å². The minimum atomic E-state index is -2.94. The summed E-state index contributed by atoms with van der Waals surface area (Å²) in [7, 11) is -2.94. The first-order valence-electron chi connectivity index (χ1n) is 14.4. The van der Waals surface area contributed by atoms with Crippen LogP contribution in [-0.4, -0.2) is 67.4 Å². The van der Waals surface area contributed by atoms with E-state index in [0.29, 0.717) is 43.1 Å². The Morgan fingerprint density at radius 2 is 1.90 bits per heavy atom. The summed E-state index contributed by atoms with van der Waals surface area (Å²) in [6.45, 7) is 8.78. The molecule has 4 rings (SSSR count). The largest absolute Gasteiger partial charge is 0.390 e. The number of aromatic nitrogens is 2. The first-order chi connectivity index (χ1) is 19.7. The van der Waals surface area contributed by atoms with Crippen molar-refractivity contribution >= 4 is 28.1 Å². The number of hydrogen-bond acceptors (Lipinski definition) is 8. The predicted octanol–water partition coefficient (Wildman–Crippen LogP) is 4.40. The van der Waals surface area contributed by atoms with Crippen LogP contribution in [0.5, 0.6) is 0 Å². The van der Waals surface area contributed by atoms with E-state index in [1.165, 1.54) is 0 Å². The molecule has 1 saturated heterocycles. The number of rotatable bonds is 13. The third-order valence-corrected chi connectivity index (χ3v) is 9.29. The van der Waals surface area contributed by atoms with Crippen LogP contribution in [-0.2, 0) is 19.5 Å². The fourth-order valence-electron chi connectivity index (χ4n) is 5.09. The number of aliphatic hydroxyl groups excluding tert-OH is 1. The summed E-state index contributed by atoms with van der Waals surface area (Å²) in [5.41, 5.74) is 4.73. The third kappa shape index (κ3) is 8.23. The molecule has 0 radical (unpaired) electrons. The molecule has 0 aliphatic carbocycles. The molecule has 2 aromatic carbocycles. The Morgan fingerprint density at radius 1 is 1.12 bits per heavy atom. The molecule has 0 bridgehead atoms.